The Bertz CT molecular complexity index is 342. The molecule has 14 heavy (non-hydrogen) atoms. The molecule has 0 aliphatic carbocycles. The van der Waals surface area contributed by atoms with E-state index in [1.807, 2.05) is 0 Å². The summed E-state index contributed by atoms with van der Waals surface area (Å²) in [6, 6.07) is 1.73. The molecule has 3 N–H and O–H groups in total. The van der Waals surface area contributed by atoms with Gasteiger partial charge in [0.2, 0.25) is 0 Å². The van der Waals surface area contributed by atoms with Crippen molar-refractivity contribution in [3.05, 3.63) is 11.6 Å². The molecule has 0 bridgehead atoms. The fraction of sp³-hybridized carbons (Fsp3) is 0.333. The summed E-state index contributed by atoms with van der Waals surface area (Å²) in [4.78, 5) is 1.08. The summed E-state index contributed by atoms with van der Waals surface area (Å²) in [7, 11) is 1.49. The van der Waals surface area contributed by atoms with Gasteiger partial charge in [-0.3, -0.25) is 0 Å². The van der Waals surface area contributed by atoms with Crippen molar-refractivity contribution in [2.45, 2.75) is 16.2 Å². The van der Waals surface area contributed by atoms with E-state index in [2.05, 4.69) is 25.3 Å². The van der Waals surface area contributed by atoms with Crippen molar-refractivity contribution >= 4 is 25.3 Å². The molecule has 3 nitrogen and oxygen atoms in total. The van der Waals surface area contributed by atoms with Gasteiger partial charge in [-0.05, 0) is 24.6 Å². The van der Waals surface area contributed by atoms with Gasteiger partial charge in [0.1, 0.15) is 0 Å². The van der Waals surface area contributed by atoms with Crippen molar-refractivity contribution in [2.75, 3.05) is 13.7 Å². The molecule has 0 atom stereocenters. The summed E-state index contributed by atoms with van der Waals surface area (Å²) in [5.74, 6) is 0.415. The average molecular weight is 231 g/mol. The van der Waals surface area contributed by atoms with Crippen LogP contribution in [0.3, 0.4) is 0 Å². The van der Waals surface area contributed by atoms with Crippen molar-refractivity contribution in [2.24, 2.45) is 5.73 Å². The van der Waals surface area contributed by atoms with Crippen molar-refractivity contribution in [3.8, 4) is 11.5 Å². The lowest BCUT2D eigenvalue weighted by Crippen LogP contribution is -2.04. The molecule has 0 radical (unpaired) electrons. The maximum Gasteiger partial charge on any atom is 0.172 e. The number of phenolic OH excluding ortho intramolecular Hbond substituents is 1. The molecule has 0 unspecified atom stereocenters. The molecule has 1 aromatic carbocycles. The number of hydrogen-bond donors (Lipinski definition) is 4. The van der Waals surface area contributed by atoms with Gasteiger partial charge < -0.3 is 15.6 Å². The number of rotatable bonds is 3. The van der Waals surface area contributed by atoms with Crippen LogP contribution in [-0.2, 0) is 6.42 Å². The summed E-state index contributed by atoms with van der Waals surface area (Å²) in [5.41, 5.74) is 6.37. The van der Waals surface area contributed by atoms with Crippen LogP contribution in [0.4, 0.5) is 0 Å². The zero-order valence-electron chi connectivity index (χ0n) is 7.82. The van der Waals surface area contributed by atoms with Gasteiger partial charge in [-0.2, -0.15) is 0 Å². The predicted octanol–water partition coefficient (Wildman–Crippen LogP) is 1.48. The Balaban J connectivity index is 3.25. The highest BCUT2D eigenvalue weighted by Crippen LogP contribution is 2.39. The number of ether oxygens (including phenoxy) is 1. The van der Waals surface area contributed by atoms with Crippen LogP contribution >= 0.6 is 25.3 Å². The molecule has 0 saturated carbocycles. The molecule has 0 saturated heterocycles. The van der Waals surface area contributed by atoms with Gasteiger partial charge in [0, 0.05) is 4.90 Å². The smallest absolute Gasteiger partial charge is 0.172 e. The van der Waals surface area contributed by atoms with Gasteiger partial charge >= 0.3 is 0 Å². The van der Waals surface area contributed by atoms with E-state index in [4.69, 9.17) is 10.5 Å². The van der Waals surface area contributed by atoms with Crippen LogP contribution < -0.4 is 10.5 Å². The minimum Gasteiger partial charge on any atom is -0.503 e. The van der Waals surface area contributed by atoms with Gasteiger partial charge in [0.05, 0.1) is 12.0 Å². The van der Waals surface area contributed by atoms with E-state index in [9.17, 15) is 5.11 Å². The highest BCUT2D eigenvalue weighted by molar-refractivity contribution is 7.83. The highest BCUT2D eigenvalue weighted by Gasteiger charge is 2.12. The molecule has 5 heteroatoms. The minimum atomic E-state index is 0.0154. The lowest BCUT2D eigenvalue weighted by atomic mass is 10.1. The number of benzene rings is 1. The second-order valence-corrected chi connectivity index (χ2v) is 3.72. The topological polar surface area (TPSA) is 55.5 Å². The lowest BCUT2D eigenvalue weighted by Gasteiger charge is -2.12. The second kappa shape index (κ2) is 4.82. The number of hydrogen-bond acceptors (Lipinski definition) is 5. The van der Waals surface area contributed by atoms with E-state index in [1.54, 1.807) is 6.07 Å². The summed E-state index contributed by atoms with van der Waals surface area (Å²) in [6.07, 6.45) is 0.684. The van der Waals surface area contributed by atoms with Crippen LogP contribution in [0.15, 0.2) is 15.9 Å². The van der Waals surface area contributed by atoms with Crippen LogP contribution in [0.5, 0.6) is 11.5 Å². The molecular formula is C9H13NO2S2. The van der Waals surface area contributed by atoms with Crippen molar-refractivity contribution in [1.82, 2.24) is 0 Å². The normalized spacial score (nSPS) is 10.3. The van der Waals surface area contributed by atoms with E-state index < -0.39 is 0 Å². The van der Waals surface area contributed by atoms with Gasteiger partial charge in [-0.1, -0.05) is 0 Å². The monoisotopic (exact) mass is 231 g/mol. The fourth-order valence-electron chi connectivity index (χ4n) is 1.18. The van der Waals surface area contributed by atoms with Gasteiger partial charge in [0.15, 0.2) is 11.5 Å². The minimum absolute atomic E-state index is 0.0154. The summed E-state index contributed by atoms with van der Waals surface area (Å²) >= 11 is 8.40. The van der Waals surface area contributed by atoms with E-state index >= 15 is 0 Å². The highest BCUT2D eigenvalue weighted by atomic mass is 32.1. The third-order valence-corrected chi connectivity index (χ3v) is 3.05. The summed E-state index contributed by atoms with van der Waals surface area (Å²) in [5, 5.41) is 9.59. The van der Waals surface area contributed by atoms with Crippen LogP contribution in [0.25, 0.3) is 0 Å². The first-order chi connectivity index (χ1) is 6.61. The molecule has 0 spiro atoms. The molecule has 1 aromatic rings. The largest absolute Gasteiger partial charge is 0.503 e. The molecule has 78 valence electrons. The van der Waals surface area contributed by atoms with Crippen molar-refractivity contribution in [3.63, 3.8) is 0 Å². The van der Waals surface area contributed by atoms with Crippen LogP contribution in [0, 0.1) is 0 Å². The second-order valence-electron chi connectivity index (χ2n) is 2.82. The van der Waals surface area contributed by atoms with E-state index in [0.717, 1.165) is 5.56 Å². The fourth-order valence-corrected chi connectivity index (χ4v) is 1.71. The first kappa shape index (κ1) is 11.6. The summed E-state index contributed by atoms with van der Waals surface area (Å²) in [6.45, 7) is 0.523. The molecule has 0 amide bonds. The SMILES string of the molecule is COc1cc(CCN)c(S)c(S)c1O. The summed E-state index contributed by atoms with van der Waals surface area (Å²) < 4.78 is 4.99. The van der Waals surface area contributed by atoms with Crippen molar-refractivity contribution < 1.29 is 9.84 Å². The Labute approximate surface area is 94.1 Å². The van der Waals surface area contributed by atoms with Crippen LogP contribution in [-0.4, -0.2) is 18.8 Å². The van der Waals surface area contributed by atoms with Gasteiger partial charge in [-0.15, -0.1) is 25.3 Å². The number of nitrogens with two attached hydrogens (primary N) is 1. The molecule has 0 aromatic heterocycles. The Morgan fingerprint density at radius 1 is 1.43 bits per heavy atom. The molecular weight excluding hydrogens is 218 g/mol. The van der Waals surface area contributed by atoms with Crippen LogP contribution in [0.1, 0.15) is 5.56 Å². The Morgan fingerprint density at radius 3 is 2.57 bits per heavy atom. The predicted molar refractivity (Wildman–Crippen MR) is 61.9 cm³/mol. The van der Waals surface area contributed by atoms with E-state index in [0.29, 0.717) is 28.5 Å². The van der Waals surface area contributed by atoms with Gasteiger partial charge in [0.25, 0.3) is 0 Å². The van der Waals surface area contributed by atoms with E-state index in [1.165, 1.54) is 7.11 Å². The number of phenols is 1. The van der Waals surface area contributed by atoms with Crippen LogP contribution in [0.2, 0.25) is 0 Å². The zero-order chi connectivity index (χ0) is 10.7. The standard InChI is InChI=1S/C9H13NO2S2/c1-12-6-4-5(2-3-10)8(13)9(14)7(6)11/h4,11,13-14H,2-3,10H2,1H3. The number of methoxy groups -OCH3 is 1. The number of thiol groups is 2. The third-order valence-electron chi connectivity index (χ3n) is 1.93. The molecule has 0 aliphatic heterocycles. The molecule has 0 aliphatic rings. The third kappa shape index (κ3) is 2.10. The van der Waals surface area contributed by atoms with Crippen molar-refractivity contribution in [1.29, 1.82) is 0 Å². The van der Waals surface area contributed by atoms with E-state index in [-0.39, 0.29) is 5.75 Å². The Hall–Kier alpha value is -0.520. The Kier molecular flexibility index (Phi) is 3.97. The lowest BCUT2D eigenvalue weighted by molar-refractivity contribution is 0.365. The zero-order valence-corrected chi connectivity index (χ0v) is 9.61. The average Bonchev–Trinajstić information content (AvgIpc) is 2.19. The van der Waals surface area contributed by atoms with Gasteiger partial charge in [-0.25, -0.2) is 0 Å². The maximum atomic E-state index is 9.59. The molecule has 1 rings (SSSR count). The number of aromatic hydroxyl groups is 1. The maximum absolute atomic E-state index is 9.59. The quantitative estimate of drug-likeness (QED) is 0.596. The first-order valence-electron chi connectivity index (χ1n) is 4.12. The molecule has 0 heterocycles. The first-order valence-corrected chi connectivity index (χ1v) is 5.02. The molecule has 0 fully saturated rings. The Morgan fingerprint density at radius 2 is 2.07 bits per heavy atom.